The Kier molecular flexibility index (Phi) is 3.67. The van der Waals surface area contributed by atoms with Crippen LogP contribution < -0.4 is 5.32 Å². The van der Waals surface area contributed by atoms with Crippen LogP contribution in [-0.2, 0) is 4.79 Å². The quantitative estimate of drug-likeness (QED) is 0.750. The van der Waals surface area contributed by atoms with Crippen molar-refractivity contribution in [3.8, 4) is 11.1 Å². The molecule has 5 rings (SSSR count). The van der Waals surface area contributed by atoms with Gasteiger partial charge in [0, 0.05) is 30.1 Å². The minimum Gasteiger partial charge on any atom is -0.343 e. The molecule has 27 heavy (non-hydrogen) atoms. The van der Waals surface area contributed by atoms with Crippen LogP contribution in [0, 0.1) is 12.8 Å². The highest BCUT2D eigenvalue weighted by Crippen LogP contribution is 2.45. The Morgan fingerprint density at radius 1 is 1.15 bits per heavy atom. The minimum absolute atomic E-state index is 0.176. The van der Waals surface area contributed by atoms with Crippen LogP contribution in [0.3, 0.4) is 0 Å². The molecule has 0 saturated carbocycles. The zero-order chi connectivity index (χ0) is 18.4. The van der Waals surface area contributed by atoms with Crippen molar-refractivity contribution in [3.05, 3.63) is 77.9 Å². The van der Waals surface area contributed by atoms with Gasteiger partial charge in [-0.05, 0) is 30.5 Å². The van der Waals surface area contributed by atoms with Crippen molar-refractivity contribution in [2.75, 3.05) is 5.32 Å². The number of carbonyl (C=O) groups is 1. The van der Waals surface area contributed by atoms with Crippen LogP contribution in [0.1, 0.15) is 30.1 Å². The second kappa shape index (κ2) is 6.20. The van der Waals surface area contributed by atoms with Crippen LogP contribution in [-0.4, -0.2) is 20.5 Å². The van der Waals surface area contributed by atoms with Crippen molar-refractivity contribution in [1.82, 2.24) is 14.8 Å². The lowest BCUT2D eigenvalue weighted by molar-refractivity contribution is -0.123. The van der Waals surface area contributed by atoms with Crippen molar-refractivity contribution in [1.29, 1.82) is 0 Å². The number of anilines is 1. The van der Waals surface area contributed by atoms with E-state index >= 15 is 0 Å². The monoisotopic (exact) mass is 356 g/mol. The predicted molar refractivity (Wildman–Crippen MR) is 104 cm³/mol. The Morgan fingerprint density at radius 2 is 2.00 bits per heavy atom. The maximum atomic E-state index is 12.8. The molecule has 0 fully saturated rings. The number of aromatic nitrogens is 3. The number of carbonyl (C=O) groups excluding carboxylic acids is 1. The van der Waals surface area contributed by atoms with Gasteiger partial charge in [0.2, 0.25) is 0 Å². The lowest BCUT2D eigenvalue weighted by atomic mass is 9.81. The number of ketones is 1. The number of hydrogen-bond acceptors (Lipinski definition) is 4. The molecular weight excluding hydrogens is 336 g/mol. The molecular formula is C22H20N4O. The topological polar surface area (TPSA) is 59.8 Å². The number of pyridine rings is 1. The van der Waals surface area contributed by atoms with Gasteiger partial charge >= 0.3 is 0 Å². The van der Waals surface area contributed by atoms with E-state index in [1.54, 1.807) is 6.20 Å². The van der Waals surface area contributed by atoms with Crippen molar-refractivity contribution >= 4 is 11.6 Å². The molecule has 134 valence electrons. The Labute approximate surface area is 157 Å². The molecule has 2 aliphatic rings. The SMILES string of the molecule is Cc1nn2c(c1-c1ccccc1)NC1=CCCC(=O)[C@@H]1[C@H]2c1cccnc1. The van der Waals surface area contributed by atoms with E-state index in [1.165, 1.54) is 0 Å². The second-order valence-electron chi connectivity index (χ2n) is 7.12. The highest BCUT2D eigenvalue weighted by atomic mass is 16.1. The van der Waals surface area contributed by atoms with E-state index in [9.17, 15) is 4.79 Å². The summed E-state index contributed by atoms with van der Waals surface area (Å²) in [5, 5.41) is 8.40. The summed E-state index contributed by atoms with van der Waals surface area (Å²) >= 11 is 0. The molecule has 5 heteroatoms. The number of Topliss-reactive ketones (excluding diaryl/α,β-unsaturated/α-hetero) is 1. The van der Waals surface area contributed by atoms with Gasteiger partial charge in [0.15, 0.2) is 0 Å². The number of hydrogen-bond donors (Lipinski definition) is 1. The maximum absolute atomic E-state index is 12.8. The molecule has 0 spiro atoms. The Bertz CT molecular complexity index is 1040. The number of allylic oxidation sites excluding steroid dienone is 2. The third-order valence-electron chi connectivity index (χ3n) is 5.45. The first-order valence-corrected chi connectivity index (χ1v) is 9.28. The van der Waals surface area contributed by atoms with Crippen LogP contribution in [0.2, 0.25) is 0 Å². The first-order chi connectivity index (χ1) is 13.2. The van der Waals surface area contributed by atoms with E-state index in [-0.39, 0.29) is 17.7 Å². The van der Waals surface area contributed by atoms with Gasteiger partial charge in [0.1, 0.15) is 11.6 Å². The zero-order valence-corrected chi connectivity index (χ0v) is 15.1. The van der Waals surface area contributed by atoms with Crippen molar-refractivity contribution in [2.24, 2.45) is 5.92 Å². The summed E-state index contributed by atoms with van der Waals surface area (Å²) < 4.78 is 1.99. The molecule has 2 atom stereocenters. The van der Waals surface area contributed by atoms with Crippen LogP contribution in [0.15, 0.2) is 66.6 Å². The number of fused-ring (bicyclic) bond motifs is 2. The summed E-state index contributed by atoms with van der Waals surface area (Å²) in [7, 11) is 0. The lowest BCUT2D eigenvalue weighted by Crippen LogP contribution is -2.38. The van der Waals surface area contributed by atoms with Crippen LogP contribution in [0.5, 0.6) is 0 Å². The largest absolute Gasteiger partial charge is 0.343 e. The summed E-state index contributed by atoms with van der Waals surface area (Å²) in [6.07, 6.45) is 7.13. The van der Waals surface area contributed by atoms with Crippen molar-refractivity contribution in [2.45, 2.75) is 25.8 Å². The fourth-order valence-corrected chi connectivity index (χ4v) is 4.28. The molecule has 3 heterocycles. The second-order valence-corrected chi connectivity index (χ2v) is 7.12. The van der Waals surface area contributed by atoms with E-state index in [4.69, 9.17) is 5.10 Å². The molecule has 1 N–H and O–H groups in total. The molecule has 1 aromatic carbocycles. The third-order valence-corrected chi connectivity index (χ3v) is 5.45. The summed E-state index contributed by atoms with van der Waals surface area (Å²) in [5.41, 5.74) is 5.15. The molecule has 0 saturated heterocycles. The van der Waals surface area contributed by atoms with E-state index in [1.807, 2.05) is 48.1 Å². The van der Waals surface area contributed by atoms with E-state index in [0.717, 1.165) is 40.3 Å². The van der Waals surface area contributed by atoms with Gasteiger partial charge < -0.3 is 5.32 Å². The standard InChI is InChI=1S/C22H20N4O/c1-14-19(15-7-3-2-4-8-15)22-24-17-10-5-11-18(27)20(17)21(26(22)25-14)16-9-6-12-23-13-16/h2-4,6-10,12-13,20-21,24H,5,11H2,1H3/t20-,21-/m1/s1. The molecule has 0 amide bonds. The number of nitrogens with zero attached hydrogens (tertiary/aromatic N) is 3. The lowest BCUT2D eigenvalue weighted by Gasteiger charge is -2.37. The highest BCUT2D eigenvalue weighted by Gasteiger charge is 2.42. The number of benzene rings is 1. The fraction of sp³-hybridized carbons (Fsp3) is 0.227. The Morgan fingerprint density at radius 3 is 2.78 bits per heavy atom. The average molecular weight is 356 g/mol. The zero-order valence-electron chi connectivity index (χ0n) is 15.1. The van der Waals surface area contributed by atoms with E-state index in [0.29, 0.717) is 6.42 Å². The van der Waals surface area contributed by atoms with Gasteiger partial charge in [-0.3, -0.25) is 9.78 Å². The molecule has 0 bridgehead atoms. The summed E-state index contributed by atoms with van der Waals surface area (Å²) in [6, 6.07) is 14.0. The molecule has 1 aliphatic carbocycles. The van der Waals surface area contributed by atoms with E-state index < -0.39 is 0 Å². The smallest absolute Gasteiger partial charge is 0.144 e. The van der Waals surface area contributed by atoms with Gasteiger partial charge in [0.05, 0.1) is 17.7 Å². The van der Waals surface area contributed by atoms with Gasteiger partial charge in [-0.1, -0.05) is 42.5 Å². The molecule has 3 aromatic rings. The molecule has 0 unspecified atom stereocenters. The molecule has 5 nitrogen and oxygen atoms in total. The van der Waals surface area contributed by atoms with Gasteiger partial charge in [-0.2, -0.15) is 5.10 Å². The normalized spacial score (nSPS) is 21.1. The van der Waals surface area contributed by atoms with Crippen molar-refractivity contribution in [3.63, 3.8) is 0 Å². The molecule has 0 radical (unpaired) electrons. The first-order valence-electron chi connectivity index (χ1n) is 9.28. The van der Waals surface area contributed by atoms with Gasteiger partial charge in [-0.25, -0.2) is 4.68 Å². The highest BCUT2D eigenvalue weighted by molar-refractivity contribution is 5.89. The Balaban J connectivity index is 1.75. The fourth-order valence-electron chi connectivity index (χ4n) is 4.28. The van der Waals surface area contributed by atoms with Crippen molar-refractivity contribution < 1.29 is 4.79 Å². The van der Waals surface area contributed by atoms with Crippen LogP contribution in [0.25, 0.3) is 11.1 Å². The Hall–Kier alpha value is -3.21. The molecule has 1 aliphatic heterocycles. The maximum Gasteiger partial charge on any atom is 0.144 e. The number of aryl methyl sites for hydroxylation is 1. The molecule has 2 aromatic heterocycles. The van der Waals surface area contributed by atoms with Gasteiger partial charge in [0.25, 0.3) is 0 Å². The average Bonchev–Trinajstić information content (AvgIpc) is 3.03. The van der Waals surface area contributed by atoms with E-state index in [2.05, 4.69) is 28.5 Å². The summed E-state index contributed by atoms with van der Waals surface area (Å²) in [6.45, 7) is 2.02. The summed E-state index contributed by atoms with van der Waals surface area (Å²) in [5.74, 6) is 0.969. The summed E-state index contributed by atoms with van der Waals surface area (Å²) in [4.78, 5) is 17.1. The van der Waals surface area contributed by atoms with Crippen LogP contribution in [0.4, 0.5) is 5.82 Å². The minimum atomic E-state index is -0.238. The number of nitrogens with one attached hydrogen (secondary N) is 1. The van der Waals surface area contributed by atoms with Crippen LogP contribution >= 0.6 is 0 Å². The third kappa shape index (κ3) is 2.50. The number of rotatable bonds is 2. The predicted octanol–water partition coefficient (Wildman–Crippen LogP) is 4.13. The first kappa shape index (κ1) is 16.0. The van der Waals surface area contributed by atoms with Gasteiger partial charge in [-0.15, -0.1) is 0 Å².